The summed E-state index contributed by atoms with van der Waals surface area (Å²) >= 11 is 0. The predicted molar refractivity (Wildman–Crippen MR) is 81.6 cm³/mol. The van der Waals surface area contributed by atoms with Gasteiger partial charge in [0.15, 0.2) is 5.54 Å². The second-order valence-electron chi connectivity index (χ2n) is 5.67. The van der Waals surface area contributed by atoms with Crippen molar-refractivity contribution in [3.05, 3.63) is 64.7 Å². The Bertz CT molecular complexity index is 680. The van der Waals surface area contributed by atoms with E-state index in [0.717, 1.165) is 24.1 Å². The topological polar surface area (TPSA) is 35.8 Å². The Labute approximate surface area is 120 Å². The molecule has 2 aromatic rings. The molecule has 0 heterocycles. The molecule has 20 heavy (non-hydrogen) atoms. The molecule has 0 radical (unpaired) electrons. The van der Waals surface area contributed by atoms with Crippen LogP contribution in [0.3, 0.4) is 0 Å². The quantitative estimate of drug-likeness (QED) is 0.885. The molecule has 3 rings (SSSR count). The van der Waals surface area contributed by atoms with Gasteiger partial charge in [-0.15, -0.1) is 0 Å². The van der Waals surface area contributed by atoms with E-state index in [1.54, 1.807) is 0 Å². The fraction of sp³-hybridized carbons (Fsp3) is 0.278. The standard InChI is InChI=1S/C18H18N2/c1-13-4-7-16(8-5-13)20-18(12-19)10-9-15-6-3-14(2)11-17(15)18/h3-8,11,20H,9-10H2,1-2H3. The summed E-state index contributed by atoms with van der Waals surface area (Å²) in [5.41, 5.74) is 5.28. The van der Waals surface area contributed by atoms with Crippen LogP contribution in [0, 0.1) is 25.2 Å². The number of rotatable bonds is 2. The lowest BCUT2D eigenvalue weighted by Crippen LogP contribution is -2.31. The van der Waals surface area contributed by atoms with Crippen LogP contribution >= 0.6 is 0 Å². The Morgan fingerprint density at radius 2 is 1.75 bits per heavy atom. The van der Waals surface area contributed by atoms with E-state index in [1.165, 1.54) is 16.7 Å². The Kier molecular flexibility index (Phi) is 2.99. The maximum Gasteiger partial charge on any atom is 0.151 e. The third-order valence-corrected chi connectivity index (χ3v) is 4.09. The van der Waals surface area contributed by atoms with Crippen LogP contribution in [0.15, 0.2) is 42.5 Å². The van der Waals surface area contributed by atoms with Gasteiger partial charge in [-0.2, -0.15) is 5.26 Å². The lowest BCUT2D eigenvalue weighted by atomic mass is 9.92. The van der Waals surface area contributed by atoms with Gasteiger partial charge < -0.3 is 5.32 Å². The second-order valence-corrected chi connectivity index (χ2v) is 5.67. The van der Waals surface area contributed by atoms with Gasteiger partial charge in [0, 0.05) is 5.69 Å². The van der Waals surface area contributed by atoms with Crippen molar-refractivity contribution in [1.82, 2.24) is 0 Å². The highest BCUT2D eigenvalue weighted by Crippen LogP contribution is 2.39. The number of nitrogens with one attached hydrogen (secondary N) is 1. The highest BCUT2D eigenvalue weighted by Gasteiger charge is 2.39. The molecule has 0 saturated heterocycles. The molecule has 0 spiro atoms. The number of nitrogens with zero attached hydrogens (tertiary/aromatic N) is 1. The normalized spacial score (nSPS) is 20.2. The number of anilines is 1. The van der Waals surface area contributed by atoms with Gasteiger partial charge in [0.05, 0.1) is 6.07 Å². The van der Waals surface area contributed by atoms with Crippen LogP contribution in [0.1, 0.15) is 28.7 Å². The summed E-state index contributed by atoms with van der Waals surface area (Å²) in [6.07, 6.45) is 1.79. The average molecular weight is 262 g/mol. The molecule has 2 heteroatoms. The molecular formula is C18H18N2. The van der Waals surface area contributed by atoms with Crippen molar-refractivity contribution in [3.63, 3.8) is 0 Å². The SMILES string of the molecule is Cc1ccc(NC2(C#N)CCc3ccc(C)cc32)cc1. The van der Waals surface area contributed by atoms with Crippen molar-refractivity contribution in [2.24, 2.45) is 0 Å². The number of hydrogen-bond donors (Lipinski definition) is 1. The van der Waals surface area contributed by atoms with Crippen molar-refractivity contribution in [2.75, 3.05) is 5.32 Å². The number of aryl methyl sites for hydroxylation is 3. The van der Waals surface area contributed by atoms with E-state index in [4.69, 9.17) is 0 Å². The molecule has 2 aromatic carbocycles. The number of fused-ring (bicyclic) bond motifs is 1. The first-order valence-electron chi connectivity index (χ1n) is 6.99. The van der Waals surface area contributed by atoms with Crippen LogP contribution in [-0.4, -0.2) is 0 Å². The molecule has 1 aliphatic rings. The van der Waals surface area contributed by atoms with E-state index in [0.29, 0.717) is 0 Å². The third-order valence-electron chi connectivity index (χ3n) is 4.09. The summed E-state index contributed by atoms with van der Waals surface area (Å²) in [4.78, 5) is 0. The minimum atomic E-state index is -0.587. The molecule has 0 fully saturated rings. The summed E-state index contributed by atoms with van der Waals surface area (Å²) in [5, 5.41) is 13.2. The summed E-state index contributed by atoms with van der Waals surface area (Å²) in [6, 6.07) is 17.2. The molecule has 0 aliphatic heterocycles. The smallest absolute Gasteiger partial charge is 0.151 e. The Morgan fingerprint density at radius 3 is 2.45 bits per heavy atom. The van der Waals surface area contributed by atoms with Gasteiger partial charge in [0.2, 0.25) is 0 Å². The minimum Gasteiger partial charge on any atom is -0.364 e. The van der Waals surface area contributed by atoms with Gasteiger partial charge in [-0.1, -0.05) is 41.5 Å². The molecular weight excluding hydrogens is 244 g/mol. The molecule has 1 atom stereocenters. The van der Waals surface area contributed by atoms with Crippen LogP contribution in [0.2, 0.25) is 0 Å². The first-order chi connectivity index (χ1) is 9.63. The molecule has 0 aromatic heterocycles. The van der Waals surface area contributed by atoms with Gasteiger partial charge in [0.1, 0.15) is 0 Å². The zero-order valence-electron chi connectivity index (χ0n) is 11.9. The lowest BCUT2D eigenvalue weighted by molar-refractivity contribution is 0.621. The number of hydrogen-bond acceptors (Lipinski definition) is 2. The Morgan fingerprint density at radius 1 is 1.05 bits per heavy atom. The second kappa shape index (κ2) is 4.68. The first kappa shape index (κ1) is 12.7. The van der Waals surface area contributed by atoms with E-state index in [2.05, 4.69) is 55.6 Å². The van der Waals surface area contributed by atoms with Gasteiger partial charge >= 0.3 is 0 Å². The van der Waals surface area contributed by atoms with Crippen molar-refractivity contribution in [2.45, 2.75) is 32.2 Å². The molecule has 100 valence electrons. The maximum atomic E-state index is 9.76. The zero-order chi connectivity index (χ0) is 14.2. The fourth-order valence-corrected chi connectivity index (χ4v) is 2.92. The van der Waals surface area contributed by atoms with Gasteiger partial charge in [0.25, 0.3) is 0 Å². The highest BCUT2D eigenvalue weighted by atomic mass is 15.0. The molecule has 2 nitrogen and oxygen atoms in total. The van der Waals surface area contributed by atoms with E-state index in [1.807, 2.05) is 12.1 Å². The van der Waals surface area contributed by atoms with Crippen LogP contribution in [-0.2, 0) is 12.0 Å². The third kappa shape index (κ3) is 2.06. The highest BCUT2D eigenvalue weighted by molar-refractivity contribution is 5.56. The maximum absolute atomic E-state index is 9.76. The van der Waals surface area contributed by atoms with Crippen molar-refractivity contribution < 1.29 is 0 Å². The number of benzene rings is 2. The van der Waals surface area contributed by atoms with E-state index < -0.39 is 5.54 Å². The molecule has 0 saturated carbocycles. The van der Waals surface area contributed by atoms with Crippen LogP contribution in [0.4, 0.5) is 5.69 Å². The molecule has 1 unspecified atom stereocenters. The van der Waals surface area contributed by atoms with Gasteiger partial charge in [-0.25, -0.2) is 0 Å². The van der Waals surface area contributed by atoms with Crippen LogP contribution in [0.25, 0.3) is 0 Å². The Balaban J connectivity index is 2.01. The molecule has 0 bridgehead atoms. The zero-order valence-corrected chi connectivity index (χ0v) is 11.9. The largest absolute Gasteiger partial charge is 0.364 e. The summed E-state index contributed by atoms with van der Waals surface area (Å²) in [5.74, 6) is 0. The van der Waals surface area contributed by atoms with Gasteiger partial charge in [-0.05, 0) is 49.9 Å². The fourth-order valence-electron chi connectivity index (χ4n) is 2.92. The first-order valence-corrected chi connectivity index (χ1v) is 6.99. The molecule has 0 amide bonds. The summed E-state index contributed by atoms with van der Waals surface area (Å²) < 4.78 is 0. The van der Waals surface area contributed by atoms with E-state index in [9.17, 15) is 5.26 Å². The van der Waals surface area contributed by atoms with Crippen LogP contribution in [0.5, 0.6) is 0 Å². The Hall–Kier alpha value is -2.27. The monoisotopic (exact) mass is 262 g/mol. The minimum absolute atomic E-state index is 0.587. The van der Waals surface area contributed by atoms with E-state index >= 15 is 0 Å². The van der Waals surface area contributed by atoms with Gasteiger partial charge in [-0.3, -0.25) is 0 Å². The van der Waals surface area contributed by atoms with E-state index in [-0.39, 0.29) is 0 Å². The average Bonchev–Trinajstić information content (AvgIpc) is 2.80. The predicted octanol–water partition coefficient (Wildman–Crippen LogP) is 4.08. The number of nitriles is 1. The summed E-state index contributed by atoms with van der Waals surface area (Å²) in [6.45, 7) is 4.14. The van der Waals surface area contributed by atoms with Crippen molar-refractivity contribution in [1.29, 1.82) is 5.26 Å². The summed E-state index contributed by atoms with van der Waals surface area (Å²) in [7, 11) is 0. The van der Waals surface area contributed by atoms with Crippen molar-refractivity contribution in [3.8, 4) is 6.07 Å². The van der Waals surface area contributed by atoms with Crippen LogP contribution < -0.4 is 5.32 Å². The van der Waals surface area contributed by atoms with Crippen molar-refractivity contribution >= 4 is 5.69 Å². The molecule has 1 aliphatic carbocycles. The molecule has 1 N–H and O–H groups in total. The lowest BCUT2D eigenvalue weighted by Gasteiger charge is -2.25.